The molecular formula is C16H23N3O3. The Kier molecular flexibility index (Phi) is 5.03. The van der Waals surface area contributed by atoms with E-state index in [0.717, 1.165) is 6.42 Å². The number of carbonyl (C=O) groups is 2. The Labute approximate surface area is 130 Å². The van der Waals surface area contributed by atoms with Crippen molar-refractivity contribution in [3.05, 3.63) is 18.2 Å². The molecule has 0 spiro atoms. The van der Waals surface area contributed by atoms with Crippen molar-refractivity contribution in [2.24, 2.45) is 11.7 Å². The van der Waals surface area contributed by atoms with E-state index in [1.165, 1.54) is 0 Å². The van der Waals surface area contributed by atoms with Gasteiger partial charge in [-0.3, -0.25) is 9.59 Å². The average molecular weight is 305 g/mol. The van der Waals surface area contributed by atoms with Gasteiger partial charge in [0.2, 0.25) is 11.8 Å². The second kappa shape index (κ2) is 6.79. The summed E-state index contributed by atoms with van der Waals surface area (Å²) in [5.41, 5.74) is 7.13. The van der Waals surface area contributed by atoms with Gasteiger partial charge >= 0.3 is 0 Å². The van der Waals surface area contributed by atoms with Crippen LogP contribution >= 0.6 is 0 Å². The Morgan fingerprint density at radius 3 is 2.68 bits per heavy atom. The lowest BCUT2D eigenvalue weighted by Gasteiger charge is -2.21. The van der Waals surface area contributed by atoms with E-state index in [9.17, 15) is 9.59 Å². The highest BCUT2D eigenvalue weighted by molar-refractivity contribution is 5.99. The molecule has 1 aromatic carbocycles. The standard InChI is InChI=1S/C16H23N3O3/c1-10(2)15(17)16(21)18-11-6-7-13(22-3)12(9-11)19-8-4-5-14(19)20/h6-7,9-10,15H,4-5,8,17H2,1-3H3,(H,18,21). The number of nitrogens with one attached hydrogen (secondary N) is 1. The highest BCUT2D eigenvalue weighted by Crippen LogP contribution is 2.34. The van der Waals surface area contributed by atoms with Crippen LogP contribution in [-0.4, -0.2) is 31.5 Å². The van der Waals surface area contributed by atoms with Gasteiger partial charge in [0, 0.05) is 18.7 Å². The number of nitrogens with two attached hydrogens (primary N) is 1. The van der Waals surface area contributed by atoms with Gasteiger partial charge in [0.1, 0.15) is 5.75 Å². The summed E-state index contributed by atoms with van der Waals surface area (Å²) in [4.78, 5) is 25.7. The fourth-order valence-corrected chi connectivity index (χ4v) is 2.41. The van der Waals surface area contributed by atoms with Crippen LogP contribution in [0.5, 0.6) is 5.75 Å². The first-order valence-corrected chi connectivity index (χ1v) is 7.49. The Hall–Kier alpha value is -2.08. The fraction of sp³-hybridized carbons (Fsp3) is 0.500. The van der Waals surface area contributed by atoms with Crippen LogP contribution in [0.25, 0.3) is 0 Å². The number of amides is 2. The molecule has 1 aromatic rings. The lowest BCUT2D eigenvalue weighted by Crippen LogP contribution is -2.39. The van der Waals surface area contributed by atoms with Crippen LogP contribution in [0.4, 0.5) is 11.4 Å². The summed E-state index contributed by atoms with van der Waals surface area (Å²) in [7, 11) is 1.56. The van der Waals surface area contributed by atoms with Crippen molar-refractivity contribution in [1.82, 2.24) is 0 Å². The molecule has 0 aliphatic carbocycles. The van der Waals surface area contributed by atoms with Crippen molar-refractivity contribution in [2.75, 3.05) is 23.9 Å². The maximum atomic E-state index is 12.1. The minimum atomic E-state index is -0.570. The van der Waals surface area contributed by atoms with E-state index in [1.54, 1.807) is 30.2 Å². The maximum Gasteiger partial charge on any atom is 0.241 e. The molecule has 6 heteroatoms. The first-order valence-electron chi connectivity index (χ1n) is 7.49. The Morgan fingerprint density at radius 2 is 2.14 bits per heavy atom. The molecule has 0 bridgehead atoms. The van der Waals surface area contributed by atoms with Gasteiger partial charge in [0.05, 0.1) is 18.8 Å². The average Bonchev–Trinajstić information content (AvgIpc) is 2.92. The molecule has 0 saturated carbocycles. The third-order valence-electron chi connectivity index (χ3n) is 3.83. The fourth-order valence-electron chi connectivity index (χ4n) is 2.41. The van der Waals surface area contributed by atoms with Crippen LogP contribution in [0.3, 0.4) is 0 Å². The molecule has 1 atom stereocenters. The van der Waals surface area contributed by atoms with Crippen molar-refractivity contribution in [3.8, 4) is 5.75 Å². The predicted octanol–water partition coefficient (Wildman–Crippen LogP) is 1.74. The molecule has 22 heavy (non-hydrogen) atoms. The topological polar surface area (TPSA) is 84.7 Å². The van der Waals surface area contributed by atoms with Crippen molar-refractivity contribution >= 4 is 23.2 Å². The number of hydrogen-bond donors (Lipinski definition) is 2. The van der Waals surface area contributed by atoms with Gasteiger partial charge in [0.15, 0.2) is 0 Å². The van der Waals surface area contributed by atoms with Crippen LogP contribution in [0.15, 0.2) is 18.2 Å². The molecule has 1 heterocycles. The van der Waals surface area contributed by atoms with Crippen molar-refractivity contribution < 1.29 is 14.3 Å². The van der Waals surface area contributed by atoms with E-state index in [4.69, 9.17) is 10.5 Å². The van der Waals surface area contributed by atoms with Gasteiger partial charge in [0.25, 0.3) is 0 Å². The number of anilines is 2. The Morgan fingerprint density at radius 1 is 1.41 bits per heavy atom. The zero-order valence-electron chi connectivity index (χ0n) is 13.3. The smallest absolute Gasteiger partial charge is 0.241 e. The zero-order chi connectivity index (χ0) is 16.3. The first kappa shape index (κ1) is 16.3. The minimum absolute atomic E-state index is 0.0536. The summed E-state index contributed by atoms with van der Waals surface area (Å²) in [6, 6.07) is 4.68. The zero-order valence-corrected chi connectivity index (χ0v) is 13.3. The van der Waals surface area contributed by atoms with Crippen LogP contribution in [0.2, 0.25) is 0 Å². The summed E-state index contributed by atoms with van der Waals surface area (Å²) in [5, 5.41) is 2.80. The Bertz CT molecular complexity index is 572. The molecule has 2 amide bonds. The van der Waals surface area contributed by atoms with Crippen molar-refractivity contribution in [1.29, 1.82) is 0 Å². The summed E-state index contributed by atoms with van der Waals surface area (Å²) >= 11 is 0. The summed E-state index contributed by atoms with van der Waals surface area (Å²) in [6.07, 6.45) is 1.37. The number of methoxy groups -OCH3 is 1. The van der Waals surface area contributed by atoms with Gasteiger partial charge in [-0.15, -0.1) is 0 Å². The molecule has 6 nitrogen and oxygen atoms in total. The third-order valence-corrected chi connectivity index (χ3v) is 3.83. The number of rotatable bonds is 5. The number of hydrogen-bond acceptors (Lipinski definition) is 4. The van der Waals surface area contributed by atoms with E-state index in [0.29, 0.717) is 30.1 Å². The van der Waals surface area contributed by atoms with Crippen molar-refractivity contribution in [3.63, 3.8) is 0 Å². The molecule has 1 unspecified atom stereocenters. The van der Waals surface area contributed by atoms with E-state index in [2.05, 4.69) is 5.32 Å². The number of nitrogens with zero attached hydrogens (tertiary/aromatic N) is 1. The van der Waals surface area contributed by atoms with Crippen molar-refractivity contribution in [2.45, 2.75) is 32.7 Å². The lowest BCUT2D eigenvalue weighted by molar-refractivity contribution is -0.118. The first-order chi connectivity index (χ1) is 10.4. The molecule has 0 aromatic heterocycles. The second-order valence-electron chi connectivity index (χ2n) is 5.79. The Balaban J connectivity index is 2.24. The molecule has 1 fully saturated rings. The highest BCUT2D eigenvalue weighted by atomic mass is 16.5. The van der Waals surface area contributed by atoms with E-state index in [1.807, 2.05) is 13.8 Å². The van der Waals surface area contributed by atoms with Crippen LogP contribution in [0.1, 0.15) is 26.7 Å². The quantitative estimate of drug-likeness (QED) is 0.868. The summed E-state index contributed by atoms with van der Waals surface area (Å²) in [5.74, 6) is 0.499. The summed E-state index contributed by atoms with van der Waals surface area (Å²) < 4.78 is 5.32. The lowest BCUT2D eigenvalue weighted by atomic mass is 10.0. The van der Waals surface area contributed by atoms with Crippen LogP contribution < -0.4 is 20.7 Å². The van der Waals surface area contributed by atoms with Gasteiger partial charge in [-0.1, -0.05) is 13.8 Å². The minimum Gasteiger partial charge on any atom is -0.495 e. The van der Waals surface area contributed by atoms with Gasteiger partial charge in [-0.25, -0.2) is 0 Å². The van der Waals surface area contributed by atoms with Gasteiger partial charge in [-0.05, 0) is 30.5 Å². The molecule has 2 rings (SSSR count). The van der Waals surface area contributed by atoms with E-state index < -0.39 is 6.04 Å². The van der Waals surface area contributed by atoms with Gasteiger partial charge in [-0.2, -0.15) is 0 Å². The molecule has 1 aliphatic rings. The number of ether oxygens (including phenoxy) is 1. The maximum absolute atomic E-state index is 12.1. The largest absolute Gasteiger partial charge is 0.495 e. The number of carbonyl (C=O) groups excluding carboxylic acids is 2. The molecule has 0 radical (unpaired) electrons. The summed E-state index contributed by atoms with van der Waals surface area (Å²) in [6.45, 7) is 4.46. The second-order valence-corrected chi connectivity index (χ2v) is 5.79. The van der Waals surface area contributed by atoms with Crippen LogP contribution in [0, 0.1) is 5.92 Å². The normalized spacial score (nSPS) is 16.0. The highest BCUT2D eigenvalue weighted by Gasteiger charge is 2.25. The molecular weight excluding hydrogens is 282 g/mol. The van der Waals surface area contributed by atoms with Crippen LogP contribution in [-0.2, 0) is 9.59 Å². The molecule has 1 aliphatic heterocycles. The monoisotopic (exact) mass is 305 g/mol. The molecule has 3 N–H and O–H groups in total. The van der Waals surface area contributed by atoms with E-state index >= 15 is 0 Å². The third kappa shape index (κ3) is 3.39. The molecule has 120 valence electrons. The number of benzene rings is 1. The predicted molar refractivity (Wildman–Crippen MR) is 86.0 cm³/mol. The van der Waals surface area contributed by atoms with Gasteiger partial charge < -0.3 is 20.7 Å². The molecule has 1 saturated heterocycles. The SMILES string of the molecule is COc1ccc(NC(=O)C(N)C(C)C)cc1N1CCCC1=O. The van der Waals surface area contributed by atoms with E-state index in [-0.39, 0.29) is 17.7 Å².